The van der Waals surface area contributed by atoms with Crippen LogP contribution in [0.25, 0.3) is 5.57 Å². The number of carbonyl (C=O) groups is 2. The normalized spacial score (nSPS) is 19.5. The summed E-state index contributed by atoms with van der Waals surface area (Å²) in [5.41, 5.74) is -0.821. The van der Waals surface area contributed by atoms with Gasteiger partial charge in [0.15, 0.2) is 5.76 Å². The average Bonchev–Trinajstić information content (AvgIpc) is 2.54. The molecule has 0 saturated carbocycles. The number of carbonyl (C=O) groups excluding carboxylic acids is 2. The second-order valence-electron chi connectivity index (χ2n) is 5.53. The molecule has 23 heavy (non-hydrogen) atoms. The van der Waals surface area contributed by atoms with Crippen LogP contribution in [0.2, 0.25) is 0 Å². The Hall–Kier alpha value is -2.67. The third-order valence-electron chi connectivity index (χ3n) is 3.99. The van der Waals surface area contributed by atoms with Crippen LogP contribution in [-0.4, -0.2) is 34.9 Å². The Morgan fingerprint density at radius 1 is 1.04 bits per heavy atom. The summed E-state index contributed by atoms with van der Waals surface area (Å²) in [7, 11) is 0. The molecule has 0 radical (unpaired) electrons. The number of aliphatic hydroxyl groups excluding tert-OH is 1. The first-order valence-corrected chi connectivity index (χ1v) is 7.26. The van der Waals surface area contributed by atoms with Crippen molar-refractivity contribution in [2.24, 2.45) is 0 Å². The Morgan fingerprint density at radius 3 is 2.39 bits per heavy atom. The minimum absolute atomic E-state index is 0.0101. The first-order chi connectivity index (χ1) is 11.0. The van der Waals surface area contributed by atoms with Gasteiger partial charge in [0.05, 0.1) is 5.57 Å². The molecule has 120 valence electrons. The lowest BCUT2D eigenvalue weighted by molar-refractivity contribution is -0.131. The molecule has 1 aliphatic heterocycles. The van der Waals surface area contributed by atoms with Crippen molar-refractivity contribution in [1.82, 2.24) is 5.32 Å². The van der Waals surface area contributed by atoms with Crippen molar-refractivity contribution in [3.05, 3.63) is 45.7 Å². The number of hydrogen-bond acceptors (Lipinski definition) is 7. The van der Waals surface area contributed by atoms with Crippen molar-refractivity contribution in [2.45, 2.75) is 18.8 Å². The maximum atomic E-state index is 12.0. The number of piperidine rings is 1. The zero-order valence-corrected chi connectivity index (χ0v) is 12.2. The zero-order chi connectivity index (χ0) is 16.6. The minimum atomic E-state index is -0.873. The van der Waals surface area contributed by atoms with Gasteiger partial charge in [-0.15, -0.1) is 0 Å². The fourth-order valence-electron chi connectivity index (χ4n) is 2.73. The predicted molar refractivity (Wildman–Crippen MR) is 80.2 cm³/mol. The Balaban J connectivity index is 2.09. The van der Waals surface area contributed by atoms with E-state index in [4.69, 9.17) is 4.42 Å². The molecule has 1 aromatic heterocycles. The quantitative estimate of drug-likeness (QED) is 0.545. The number of hydrogen-bond donors (Lipinski definition) is 3. The Bertz CT molecular complexity index is 795. The molecule has 1 aliphatic carbocycles. The predicted octanol–water partition coefficient (Wildman–Crippen LogP) is 0.789. The van der Waals surface area contributed by atoms with Gasteiger partial charge in [-0.1, -0.05) is 0 Å². The zero-order valence-electron chi connectivity index (χ0n) is 12.2. The summed E-state index contributed by atoms with van der Waals surface area (Å²) >= 11 is 0. The van der Waals surface area contributed by atoms with E-state index in [2.05, 4.69) is 5.32 Å². The molecule has 2 heterocycles. The summed E-state index contributed by atoms with van der Waals surface area (Å²) in [6, 6.07) is 1.23. The van der Waals surface area contributed by atoms with E-state index in [0.29, 0.717) is 5.76 Å². The van der Waals surface area contributed by atoms with Crippen LogP contribution in [0.1, 0.15) is 30.3 Å². The number of rotatable bonds is 2. The molecule has 2 aliphatic rings. The maximum Gasteiger partial charge on any atom is 0.229 e. The number of aromatic hydroxyl groups is 1. The Morgan fingerprint density at radius 2 is 1.70 bits per heavy atom. The van der Waals surface area contributed by atoms with Crippen LogP contribution < -0.4 is 10.7 Å². The lowest BCUT2D eigenvalue weighted by atomic mass is 9.94. The third-order valence-corrected chi connectivity index (χ3v) is 3.99. The molecule has 0 amide bonds. The van der Waals surface area contributed by atoms with Crippen molar-refractivity contribution in [1.29, 1.82) is 0 Å². The number of allylic oxidation sites excluding steroid dienone is 3. The summed E-state index contributed by atoms with van der Waals surface area (Å²) in [5, 5.41) is 23.0. The first kappa shape index (κ1) is 15.2. The van der Waals surface area contributed by atoms with E-state index >= 15 is 0 Å². The van der Waals surface area contributed by atoms with E-state index in [0.717, 1.165) is 38.1 Å². The van der Waals surface area contributed by atoms with Gasteiger partial charge in [-0.05, 0) is 25.9 Å². The van der Waals surface area contributed by atoms with Crippen LogP contribution in [0.3, 0.4) is 0 Å². The van der Waals surface area contributed by atoms with E-state index in [1.54, 1.807) is 0 Å². The van der Waals surface area contributed by atoms with Crippen LogP contribution in [0.4, 0.5) is 0 Å². The lowest BCUT2D eigenvalue weighted by Crippen LogP contribution is -2.27. The lowest BCUT2D eigenvalue weighted by Gasteiger charge is -2.22. The molecule has 0 unspecified atom stereocenters. The standard InChI is InChI=1S/C16H15NO6/c18-10-6-12(20)11(19)5-9(10)16-15(22)13(21)7-14(23-16)8-1-3-17-4-2-8/h5-8,17-18,22H,1-4H2. The first-order valence-electron chi connectivity index (χ1n) is 7.26. The van der Waals surface area contributed by atoms with E-state index in [1.165, 1.54) is 6.07 Å². The van der Waals surface area contributed by atoms with Crippen LogP contribution in [-0.2, 0) is 9.59 Å². The highest BCUT2D eigenvalue weighted by molar-refractivity contribution is 6.48. The number of aliphatic hydroxyl groups is 1. The van der Waals surface area contributed by atoms with Crippen molar-refractivity contribution in [3.63, 3.8) is 0 Å². The molecule has 1 aromatic rings. The monoisotopic (exact) mass is 317 g/mol. The molecule has 0 spiro atoms. The Labute approximate surface area is 130 Å². The molecule has 3 rings (SSSR count). The van der Waals surface area contributed by atoms with Crippen molar-refractivity contribution < 1.29 is 24.2 Å². The van der Waals surface area contributed by atoms with E-state index in [9.17, 15) is 24.6 Å². The van der Waals surface area contributed by atoms with Gasteiger partial charge in [-0.25, -0.2) is 0 Å². The van der Waals surface area contributed by atoms with E-state index in [1.807, 2.05) is 0 Å². The molecule has 0 atom stereocenters. The molecule has 1 fully saturated rings. The summed E-state index contributed by atoms with van der Waals surface area (Å²) in [6.45, 7) is 1.57. The fourth-order valence-corrected chi connectivity index (χ4v) is 2.73. The SMILES string of the molecule is O=C1C=C(O)C(c2oc(C3CCNCC3)cc(=O)c2O)=CC1=O. The molecule has 3 N–H and O–H groups in total. The molecule has 7 nitrogen and oxygen atoms in total. The second kappa shape index (κ2) is 5.85. The fraction of sp³-hybridized carbons (Fsp3) is 0.312. The van der Waals surface area contributed by atoms with Crippen LogP contribution in [0.5, 0.6) is 5.75 Å². The third kappa shape index (κ3) is 2.83. The van der Waals surface area contributed by atoms with E-state index < -0.39 is 28.5 Å². The van der Waals surface area contributed by atoms with Gasteiger partial charge in [0.2, 0.25) is 22.7 Å². The van der Waals surface area contributed by atoms with Gasteiger partial charge in [-0.2, -0.15) is 0 Å². The molecular formula is C16H15NO6. The van der Waals surface area contributed by atoms with Gasteiger partial charge in [0.25, 0.3) is 0 Å². The molecule has 0 aromatic carbocycles. The molecular weight excluding hydrogens is 302 g/mol. The highest BCUT2D eigenvalue weighted by Crippen LogP contribution is 2.33. The van der Waals surface area contributed by atoms with Gasteiger partial charge < -0.3 is 19.9 Å². The van der Waals surface area contributed by atoms with Crippen LogP contribution >= 0.6 is 0 Å². The summed E-state index contributed by atoms with van der Waals surface area (Å²) < 4.78 is 5.61. The molecule has 0 bridgehead atoms. The number of nitrogens with one attached hydrogen (secondary N) is 1. The highest BCUT2D eigenvalue weighted by atomic mass is 16.4. The summed E-state index contributed by atoms with van der Waals surface area (Å²) in [5.74, 6) is -2.83. The summed E-state index contributed by atoms with van der Waals surface area (Å²) in [6.07, 6.45) is 3.15. The van der Waals surface area contributed by atoms with Crippen LogP contribution in [0, 0.1) is 0 Å². The van der Waals surface area contributed by atoms with Gasteiger partial charge in [0, 0.05) is 24.1 Å². The van der Waals surface area contributed by atoms with Crippen LogP contribution in [0.15, 0.2) is 33.2 Å². The maximum absolute atomic E-state index is 12.0. The molecule has 7 heteroatoms. The van der Waals surface area contributed by atoms with Gasteiger partial charge >= 0.3 is 0 Å². The van der Waals surface area contributed by atoms with Crippen molar-refractivity contribution in [2.75, 3.05) is 13.1 Å². The topological polar surface area (TPSA) is 117 Å². The second-order valence-corrected chi connectivity index (χ2v) is 5.53. The van der Waals surface area contributed by atoms with Gasteiger partial charge in [-0.3, -0.25) is 14.4 Å². The Kier molecular flexibility index (Phi) is 3.87. The molecule has 1 saturated heterocycles. The smallest absolute Gasteiger partial charge is 0.229 e. The minimum Gasteiger partial charge on any atom is -0.507 e. The van der Waals surface area contributed by atoms with E-state index in [-0.39, 0.29) is 17.3 Å². The number of ketones is 2. The highest BCUT2D eigenvalue weighted by Gasteiger charge is 2.27. The van der Waals surface area contributed by atoms with Crippen molar-refractivity contribution >= 4 is 17.1 Å². The largest absolute Gasteiger partial charge is 0.507 e. The van der Waals surface area contributed by atoms with Crippen molar-refractivity contribution in [3.8, 4) is 5.75 Å². The summed E-state index contributed by atoms with van der Waals surface area (Å²) in [4.78, 5) is 34.8. The average molecular weight is 317 g/mol. The van der Waals surface area contributed by atoms with Gasteiger partial charge in [0.1, 0.15) is 11.5 Å².